The van der Waals surface area contributed by atoms with E-state index in [1.54, 1.807) is 6.92 Å². The zero-order valence-electron chi connectivity index (χ0n) is 10.3. The Morgan fingerprint density at radius 3 is 2.84 bits per heavy atom. The van der Waals surface area contributed by atoms with Crippen molar-refractivity contribution < 1.29 is 14.9 Å². The van der Waals surface area contributed by atoms with Crippen molar-refractivity contribution in [2.45, 2.75) is 31.3 Å². The highest BCUT2D eigenvalue weighted by atomic mass is 35.5. The number of aliphatic hydroxyl groups excluding tert-OH is 2. The quantitative estimate of drug-likeness (QED) is 0.626. The van der Waals surface area contributed by atoms with Crippen molar-refractivity contribution in [2.75, 3.05) is 12.5 Å². The Hall–Kier alpha value is -1.15. The summed E-state index contributed by atoms with van der Waals surface area (Å²) in [5.74, 6) is -0.0990. The van der Waals surface area contributed by atoms with Gasteiger partial charge in [0.15, 0.2) is 0 Å². The van der Waals surface area contributed by atoms with Crippen LogP contribution in [0, 0.1) is 6.92 Å². The molecule has 0 saturated carbocycles. The molecule has 1 fully saturated rings. The molecule has 1 aliphatic heterocycles. The average Bonchev–Trinajstić information content (AvgIpc) is 2.71. The van der Waals surface area contributed by atoms with Gasteiger partial charge in [0.05, 0.1) is 18.6 Å². The van der Waals surface area contributed by atoms with Gasteiger partial charge in [-0.1, -0.05) is 0 Å². The summed E-state index contributed by atoms with van der Waals surface area (Å²) in [5.41, 5.74) is -2.03. The number of hydrogen-bond acceptors (Lipinski definition) is 5. The van der Waals surface area contributed by atoms with Crippen LogP contribution in [0.25, 0.3) is 0 Å². The van der Waals surface area contributed by atoms with Crippen LogP contribution < -0.4 is 11.2 Å². The van der Waals surface area contributed by atoms with Crippen molar-refractivity contribution in [1.82, 2.24) is 9.55 Å². The third kappa shape index (κ3) is 2.34. The number of aromatic nitrogens is 2. The van der Waals surface area contributed by atoms with E-state index in [0.717, 1.165) is 0 Å². The minimum Gasteiger partial charge on any atom is -0.393 e. The minimum absolute atomic E-state index is 0.0990. The van der Waals surface area contributed by atoms with Gasteiger partial charge in [0.1, 0.15) is 11.8 Å². The van der Waals surface area contributed by atoms with Crippen LogP contribution >= 0.6 is 11.6 Å². The van der Waals surface area contributed by atoms with Gasteiger partial charge >= 0.3 is 5.69 Å². The van der Waals surface area contributed by atoms with Crippen LogP contribution in [0.3, 0.4) is 0 Å². The molecule has 0 radical (unpaired) electrons. The Morgan fingerprint density at radius 2 is 2.32 bits per heavy atom. The van der Waals surface area contributed by atoms with Crippen molar-refractivity contribution in [2.24, 2.45) is 0 Å². The number of ether oxygens (including phenoxy) is 1. The Morgan fingerprint density at radius 1 is 1.63 bits per heavy atom. The predicted molar refractivity (Wildman–Crippen MR) is 67.3 cm³/mol. The highest BCUT2D eigenvalue weighted by Gasteiger charge is 2.48. The molecule has 8 heteroatoms. The molecule has 1 aliphatic rings. The van der Waals surface area contributed by atoms with Crippen LogP contribution in [0.2, 0.25) is 0 Å². The van der Waals surface area contributed by atoms with Gasteiger partial charge in [0, 0.05) is 18.2 Å². The zero-order chi connectivity index (χ0) is 14.2. The SMILES string of the molecule is Cc1cn([C@H]2C[C@H](O)[C@](CO)(CCl)O2)c(=O)[nH]c1=O. The second-order valence-electron chi connectivity index (χ2n) is 4.66. The molecule has 0 unspecified atom stereocenters. The van der Waals surface area contributed by atoms with Gasteiger partial charge in [-0.25, -0.2) is 4.79 Å². The Bertz CT molecular complexity index is 577. The number of H-pyrrole nitrogens is 1. The standard InChI is InChI=1S/C11H15ClN2O5/c1-6-3-14(10(18)13-9(6)17)8-2-7(16)11(4-12,5-15)19-8/h3,7-8,15-16H,2,4-5H2,1H3,(H,13,17,18)/t7-,8+,11+/m0/s1. The van der Waals surface area contributed by atoms with E-state index in [1.807, 2.05) is 0 Å². The number of aromatic amines is 1. The summed E-state index contributed by atoms with van der Waals surface area (Å²) in [5, 5.41) is 19.2. The summed E-state index contributed by atoms with van der Waals surface area (Å²) in [4.78, 5) is 25.2. The van der Waals surface area contributed by atoms with E-state index in [4.69, 9.17) is 16.3 Å². The van der Waals surface area contributed by atoms with Gasteiger partial charge in [-0.2, -0.15) is 0 Å². The molecule has 0 aromatic carbocycles. The summed E-state index contributed by atoms with van der Waals surface area (Å²) in [7, 11) is 0. The van der Waals surface area contributed by atoms with Crippen molar-refractivity contribution in [3.8, 4) is 0 Å². The van der Waals surface area contributed by atoms with Gasteiger partial charge in [0.25, 0.3) is 5.56 Å². The maximum Gasteiger partial charge on any atom is 0.330 e. The molecule has 3 N–H and O–H groups in total. The lowest BCUT2D eigenvalue weighted by Crippen LogP contribution is -2.45. The van der Waals surface area contributed by atoms with Crippen LogP contribution in [-0.4, -0.2) is 44.0 Å². The number of alkyl halides is 1. The van der Waals surface area contributed by atoms with E-state index in [0.29, 0.717) is 5.56 Å². The highest BCUT2D eigenvalue weighted by molar-refractivity contribution is 6.18. The molecule has 2 heterocycles. The van der Waals surface area contributed by atoms with Crippen molar-refractivity contribution in [3.63, 3.8) is 0 Å². The number of nitrogens with zero attached hydrogens (tertiary/aromatic N) is 1. The fraction of sp³-hybridized carbons (Fsp3) is 0.636. The molecule has 1 saturated heterocycles. The van der Waals surface area contributed by atoms with Crippen LogP contribution in [-0.2, 0) is 4.74 Å². The Labute approximate surface area is 113 Å². The molecule has 1 aromatic heterocycles. The lowest BCUT2D eigenvalue weighted by molar-refractivity contribution is -0.114. The van der Waals surface area contributed by atoms with E-state index >= 15 is 0 Å². The van der Waals surface area contributed by atoms with Gasteiger partial charge < -0.3 is 14.9 Å². The molecule has 2 rings (SSSR count). The number of hydrogen-bond donors (Lipinski definition) is 3. The van der Waals surface area contributed by atoms with Gasteiger partial charge in [-0.05, 0) is 6.92 Å². The lowest BCUT2D eigenvalue weighted by Gasteiger charge is -2.27. The maximum atomic E-state index is 11.7. The maximum absolute atomic E-state index is 11.7. The molecular formula is C11H15ClN2O5. The van der Waals surface area contributed by atoms with Crippen molar-refractivity contribution in [3.05, 3.63) is 32.6 Å². The number of halogens is 1. The Balaban J connectivity index is 2.38. The average molecular weight is 291 g/mol. The third-order valence-corrected chi connectivity index (χ3v) is 3.81. The first-order chi connectivity index (χ1) is 8.93. The second kappa shape index (κ2) is 5.09. The first-order valence-corrected chi connectivity index (χ1v) is 6.32. The normalized spacial score (nSPS) is 30.7. The van der Waals surface area contributed by atoms with E-state index in [1.165, 1.54) is 10.8 Å². The van der Waals surface area contributed by atoms with E-state index in [2.05, 4.69) is 4.98 Å². The van der Waals surface area contributed by atoms with E-state index in [9.17, 15) is 19.8 Å². The topological polar surface area (TPSA) is 105 Å². The van der Waals surface area contributed by atoms with Gasteiger partial charge in [-0.15, -0.1) is 11.6 Å². The van der Waals surface area contributed by atoms with Gasteiger partial charge in [0.2, 0.25) is 0 Å². The van der Waals surface area contributed by atoms with E-state index in [-0.39, 0.29) is 12.3 Å². The minimum atomic E-state index is -1.28. The smallest absolute Gasteiger partial charge is 0.330 e. The molecule has 0 aliphatic carbocycles. The Kier molecular flexibility index (Phi) is 3.82. The molecule has 0 spiro atoms. The fourth-order valence-corrected chi connectivity index (χ4v) is 2.40. The summed E-state index contributed by atoms with van der Waals surface area (Å²) in [6.45, 7) is 1.10. The first-order valence-electron chi connectivity index (χ1n) is 5.78. The third-order valence-electron chi connectivity index (χ3n) is 3.35. The molecule has 7 nitrogen and oxygen atoms in total. The van der Waals surface area contributed by atoms with Gasteiger partial charge in [-0.3, -0.25) is 14.3 Å². The van der Waals surface area contributed by atoms with E-state index < -0.39 is 35.8 Å². The zero-order valence-corrected chi connectivity index (χ0v) is 11.1. The molecule has 0 amide bonds. The predicted octanol–water partition coefficient (Wildman–Crippen LogP) is -0.905. The van der Waals surface area contributed by atoms with Crippen molar-refractivity contribution in [1.29, 1.82) is 0 Å². The molecule has 1 aromatic rings. The van der Waals surface area contributed by atoms with Crippen molar-refractivity contribution >= 4 is 11.6 Å². The number of aliphatic hydroxyl groups is 2. The molecule has 106 valence electrons. The molecule has 0 bridgehead atoms. The fourth-order valence-electron chi connectivity index (χ4n) is 2.08. The number of rotatable bonds is 3. The lowest BCUT2D eigenvalue weighted by atomic mass is 10.0. The highest BCUT2D eigenvalue weighted by Crippen LogP contribution is 2.36. The van der Waals surface area contributed by atoms with Crippen LogP contribution in [0.1, 0.15) is 18.2 Å². The summed E-state index contributed by atoms with van der Waals surface area (Å²) in [6, 6.07) is 0. The van der Waals surface area contributed by atoms with Crippen LogP contribution in [0.4, 0.5) is 0 Å². The second-order valence-corrected chi connectivity index (χ2v) is 4.93. The molecular weight excluding hydrogens is 276 g/mol. The monoisotopic (exact) mass is 290 g/mol. The van der Waals surface area contributed by atoms with Crippen LogP contribution in [0.5, 0.6) is 0 Å². The number of aryl methyl sites for hydroxylation is 1. The van der Waals surface area contributed by atoms with Crippen LogP contribution in [0.15, 0.2) is 15.8 Å². The first kappa shape index (κ1) is 14.3. The molecule has 19 heavy (non-hydrogen) atoms. The summed E-state index contributed by atoms with van der Waals surface area (Å²) < 4.78 is 6.71. The summed E-state index contributed by atoms with van der Waals surface area (Å²) in [6.07, 6.45) is -0.290. The largest absolute Gasteiger partial charge is 0.393 e. The molecule has 3 atom stereocenters. The summed E-state index contributed by atoms with van der Waals surface area (Å²) >= 11 is 5.72. The number of nitrogens with one attached hydrogen (secondary N) is 1.